The van der Waals surface area contributed by atoms with Gasteiger partial charge in [-0.25, -0.2) is 8.42 Å². The molecule has 1 amide bonds. The van der Waals surface area contributed by atoms with Gasteiger partial charge in [0.15, 0.2) is 0 Å². The smallest absolute Gasteiger partial charge is 0.270 e. The molecule has 120 valence electrons. The first-order valence-corrected chi connectivity index (χ1v) is 10.3. The highest BCUT2D eigenvalue weighted by Gasteiger charge is 2.16. The second-order valence-corrected chi connectivity index (χ2v) is 8.91. The zero-order valence-corrected chi connectivity index (χ0v) is 14.8. The third-order valence-corrected chi connectivity index (χ3v) is 6.56. The van der Waals surface area contributed by atoms with Crippen molar-refractivity contribution in [1.82, 2.24) is 5.32 Å². The minimum absolute atomic E-state index is 0.0760. The summed E-state index contributed by atoms with van der Waals surface area (Å²) < 4.78 is 22.5. The maximum atomic E-state index is 12.0. The molecule has 1 atom stereocenters. The van der Waals surface area contributed by atoms with Crippen molar-refractivity contribution in [3.63, 3.8) is 0 Å². The van der Waals surface area contributed by atoms with Gasteiger partial charge in [0, 0.05) is 28.0 Å². The predicted molar refractivity (Wildman–Crippen MR) is 87.4 cm³/mol. The number of hydrogen-bond donors (Lipinski definition) is 1. The summed E-state index contributed by atoms with van der Waals surface area (Å²) in [7, 11) is 1.63. The van der Waals surface area contributed by atoms with Crippen molar-refractivity contribution in [3.8, 4) is 0 Å². The number of thiophene rings is 1. The standard InChI is InChI=1S/C14H22ClNO3S2/c1-3-5-6-11(4-2)14(17)16-10-9-12-7-8-13(20-12)21(15,18)19/h7-8,11H,3-6,9-10H2,1-2H3,(H,16,17). The molecule has 0 spiro atoms. The van der Waals surface area contributed by atoms with Crippen LogP contribution < -0.4 is 5.32 Å². The number of unbranched alkanes of at least 4 members (excludes halogenated alkanes) is 1. The van der Waals surface area contributed by atoms with Crippen LogP contribution in [0.1, 0.15) is 44.4 Å². The Hall–Kier alpha value is -0.590. The van der Waals surface area contributed by atoms with Gasteiger partial charge in [-0.05, 0) is 31.4 Å². The Morgan fingerprint density at radius 2 is 2.10 bits per heavy atom. The van der Waals surface area contributed by atoms with E-state index in [-0.39, 0.29) is 16.0 Å². The van der Waals surface area contributed by atoms with Crippen LogP contribution in [0.5, 0.6) is 0 Å². The van der Waals surface area contributed by atoms with Crippen LogP contribution in [0.3, 0.4) is 0 Å². The third kappa shape index (κ3) is 6.36. The molecule has 0 saturated carbocycles. The van der Waals surface area contributed by atoms with Crippen molar-refractivity contribution in [2.45, 2.75) is 50.2 Å². The first-order valence-electron chi connectivity index (χ1n) is 7.19. The molecule has 1 aromatic heterocycles. The lowest BCUT2D eigenvalue weighted by Gasteiger charge is -2.14. The lowest BCUT2D eigenvalue weighted by Crippen LogP contribution is -2.31. The maximum Gasteiger partial charge on any atom is 0.270 e. The van der Waals surface area contributed by atoms with Gasteiger partial charge in [0.05, 0.1) is 0 Å². The molecule has 1 rings (SSSR count). The van der Waals surface area contributed by atoms with E-state index in [2.05, 4.69) is 12.2 Å². The van der Waals surface area contributed by atoms with Crippen LogP contribution >= 0.6 is 22.0 Å². The number of halogens is 1. The van der Waals surface area contributed by atoms with E-state index >= 15 is 0 Å². The summed E-state index contributed by atoms with van der Waals surface area (Å²) in [5, 5.41) is 2.92. The molecule has 0 aromatic carbocycles. The third-order valence-electron chi connectivity index (χ3n) is 3.32. The van der Waals surface area contributed by atoms with E-state index in [1.54, 1.807) is 6.07 Å². The van der Waals surface area contributed by atoms with Crippen molar-refractivity contribution in [3.05, 3.63) is 17.0 Å². The first kappa shape index (κ1) is 18.5. The summed E-state index contributed by atoms with van der Waals surface area (Å²) in [6.45, 7) is 4.66. The highest BCUT2D eigenvalue weighted by molar-refractivity contribution is 8.15. The van der Waals surface area contributed by atoms with E-state index in [4.69, 9.17) is 10.7 Å². The lowest BCUT2D eigenvalue weighted by atomic mass is 9.98. The summed E-state index contributed by atoms with van der Waals surface area (Å²) in [4.78, 5) is 12.9. The van der Waals surface area contributed by atoms with Gasteiger partial charge in [0.25, 0.3) is 9.05 Å². The fourth-order valence-electron chi connectivity index (χ4n) is 2.05. The van der Waals surface area contributed by atoms with Crippen molar-refractivity contribution in [1.29, 1.82) is 0 Å². The summed E-state index contributed by atoms with van der Waals surface area (Å²) >= 11 is 1.15. The van der Waals surface area contributed by atoms with Gasteiger partial charge < -0.3 is 5.32 Å². The molecule has 1 unspecified atom stereocenters. The number of carbonyl (C=O) groups excluding carboxylic acids is 1. The molecule has 21 heavy (non-hydrogen) atoms. The molecular weight excluding hydrogens is 330 g/mol. The van der Waals surface area contributed by atoms with Crippen LogP contribution in [0.25, 0.3) is 0 Å². The molecule has 0 bridgehead atoms. The SMILES string of the molecule is CCCCC(CC)C(=O)NCCc1ccc(S(=O)(=O)Cl)s1. The quantitative estimate of drug-likeness (QED) is 0.692. The Bertz CT molecular complexity index is 554. The lowest BCUT2D eigenvalue weighted by molar-refractivity contribution is -0.125. The Balaban J connectivity index is 2.42. The monoisotopic (exact) mass is 351 g/mol. The second kappa shape index (κ2) is 8.76. The molecule has 0 radical (unpaired) electrons. The molecular formula is C14H22ClNO3S2. The maximum absolute atomic E-state index is 12.0. The average Bonchev–Trinajstić information content (AvgIpc) is 2.88. The van der Waals surface area contributed by atoms with Gasteiger partial charge in [0.1, 0.15) is 4.21 Å². The van der Waals surface area contributed by atoms with Gasteiger partial charge >= 0.3 is 0 Å². The first-order chi connectivity index (χ1) is 9.88. The largest absolute Gasteiger partial charge is 0.356 e. The highest BCUT2D eigenvalue weighted by atomic mass is 35.7. The highest BCUT2D eigenvalue weighted by Crippen LogP contribution is 2.24. The molecule has 1 aromatic rings. The minimum Gasteiger partial charge on any atom is -0.356 e. The van der Waals surface area contributed by atoms with Gasteiger partial charge in [-0.15, -0.1) is 11.3 Å². The van der Waals surface area contributed by atoms with Gasteiger partial charge in [0.2, 0.25) is 5.91 Å². The van der Waals surface area contributed by atoms with Crippen LogP contribution in [0.2, 0.25) is 0 Å². The van der Waals surface area contributed by atoms with Crippen molar-refractivity contribution < 1.29 is 13.2 Å². The number of nitrogens with one attached hydrogen (secondary N) is 1. The van der Waals surface area contributed by atoms with Crippen molar-refractivity contribution in [2.24, 2.45) is 5.92 Å². The van der Waals surface area contributed by atoms with E-state index in [1.807, 2.05) is 6.92 Å². The Labute approximate surface area is 135 Å². The molecule has 0 saturated heterocycles. The number of carbonyl (C=O) groups is 1. The molecule has 0 aliphatic heterocycles. The van der Waals surface area contributed by atoms with E-state index in [0.717, 1.165) is 41.9 Å². The predicted octanol–water partition coefficient (Wildman–Crippen LogP) is 3.55. The molecule has 4 nitrogen and oxygen atoms in total. The zero-order chi connectivity index (χ0) is 15.9. The Morgan fingerprint density at radius 3 is 2.62 bits per heavy atom. The van der Waals surface area contributed by atoms with Crippen molar-refractivity contribution >= 4 is 37.0 Å². The van der Waals surface area contributed by atoms with Crippen LogP contribution in [-0.2, 0) is 20.3 Å². The Morgan fingerprint density at radius 1 is 1.38 bits per heavy atom. The zero-order valence-electron chi connectivity index (χ0n) is 12.4. The summed E-state index contributed by atoms with van der Waals surface area (Å²) in [6, 6.07) is 3.24. The average molecular weight is 352 g/mol. The van der Waals surface area contributed by atoms with Gasteiger partial charge in [-0.1, -0.05) is 26.7 Å². The minimum atomic E-state index is -3.65. The number of amides is 1. The van der Waals surface area contributed by atoms with Crippen molar-refractivity contribution in [2.75, 3.05) is 6.54 Å². The van der Waals surface area contributed by atoms with Crippen LogP contribution in [0, 0.1) is 5.92 Å². The summed E-state index contributed by atoms with van der Waals surface area (Å²) in [6.07, 6.45) is 4.54. The number of rotatable bonds is 9. The second-order valence-electron chi connectivity index (χ2n) is 4.95. The van der Waals surface area contributed by atoms with E-state index in [9.17, 15) is 13.2 Å². The molecule has 0 fully saturated rings. The summed E-state index contributed by atoms with van der Waals surface area (Å²) in [5.74, 6) is 0.166. The molecule has 0 aliphatic carbocycles. The van der Waals surface area contributed by atoms with Crippen LogP contribution in [0.15, 0.2) is 16.3 Å². The van der Waals surface area contributed by atoms with Gasteiger partial charge in [-0.3, -0.25) is 4.79 Å². The van der Waals surface area contributed by atoms with Gasteiger partial charge in [-0.2, -0.15) is 0 Å². The van der Waals surface area contributed by atoms with E-state index < -0.39 is 9.05 Å². The van der Waals surface area contributed by atoms with E-state index in [1.165, 1.54) is 6.07 Å². The molecule has 1 N–H and O–H groups in total. The molecule has 1 heterocycles. The topological polar surface area (TPSA) is 63.2 Å². The molecule has 7 heteroatoms. The van der Waals surface area contributed by atoms with E-state index in [0.29, 0.717) is 13.0 Å². The number of hydrogen-bond acceptors (Lipinski definition) is 4. The molecule has 0 aliphatic rings. The Kier molecular flexibility index (Phi) is 7.70. The fourth-order valence-corrected chi connectivity index (χ4v) is 4.17. The van der Waals surface area contributed by atoms with Crippen LogP contribution in [0.4, 0.5) is 0 Å². The summed E-state index contributed by atoms with van der Waals surface area (Å²) in [5.41, 5.74) is 0. The fraction of sp³-hybridized carbons (Fsp3) is 0.643. The van der Waals surface area contributed by atoms with Crippen LogP contribution in [-0.4, -0.2) is 20.9 Å². The normalized spacial score (nSPS) is 13.1.